The van der Waals surface area contributed by atoms with Crippen LogP contribution in [0.1, 0.15) is 42.3 Å². The number of nitrogens with one attached hydrogen (secondary N) is 2. The second-order valence-electron chi connectivity index (χ2n) is 5.50. The van der Waals surface area contributed by atoms with Gasteiger partial charge in [-0.1, -0.05) is 44.2 Å². The van der Waals surface area contributed by atoms with Crippen LogP contribution in [-0.2, 0) is 17.6 Å². The fourth-order valence-corrected chi connectivity index (χ4v) is 2.65. The zero-order valence-corrected chi connectivity index (χ0v) is 14.9. The van der Waals surface area contributed by atoms with Gasteiger partial charge in [-0.3, -0.25) is 0 Å². The van der Waals surface area contributed by atoms with Crippen LogP contribution in [0.5, 0.6) is 0 Å². The lowest BCUT2D eigenvalue weighted by Gasteiger charge is -2.16. The Hall–Kier alpha value is -2.82. The molecule has 5 nitrogen and oxygen atoms in total. The van der Waals surface area contributed by atoms with Gasteiger partial charge in [0.05, 0.1) is 17.9 Å². The maximum Gasteiger partial charge on any atom is 0.340 e. The molecule has 0 bridgehead atoms. The third-order valence-electron chi connectivity index (χ3n) is 3.91. The SMILES string of the molecule is CCOC(=O)c1ccccc1NC(=O)Nc1c(CC)cccc1CC. The van der Waals surface area contributed by atoms with Crippen LogP contribution in [0.15, 0.2) is 42.5 Å². The summed E-state index contributed by atoms with van der Waals surface area (Å²) in [6, 6.07) is 12.4. The number of hydrogen-bond donors (Lipinski definition) is 2. The van der Waals surface area contributed by atoms with E-state index in [1.807, 2.05) is 32.0 Å². The Morgan fingerprint density at radius 1 is 0.880 bits per heavy atom. The second kappa shape index (κ2) is 8.87. The van der Waals surface area contributed by atoms with Gasteiger partial charge in [-0.15, -0.1) is 0 Å². The van der Waals surface area contributed by atoms with Gasteiger partial charge < -0.3 is 15.4 Å². The highest BCUT2D eigenvalue weighted by molar-refractivity contribution is 6.05. The minimum absolute atomic E-state index is 0.281. The van der Waals surface area contributed by atoms with Gasteiger partial charge in [0.15, 0.2) is 0 Å². The van der Waals surface area contributed by atoms with Gasteiger partial charge in [-0.25, -0.2) is 9.59 Å². The van der Waals surface area contributed by atoms with E-state index in [0.29, 0.717) is 11.3 Å². The molecular formula is C20H24N2O3. The number of benzene rings is 2. The molecule has 2 aromatic rings. The second-order valence-corrected chi connectivity index (χ2v) is 5.50. The minimum Gasteiger partial charge on any atom is -0.462 e. The molecule has 0 spiro atoms. The van der Waals surface area contributed by atoms with Gasteiger partial charge in [0, 0.05) is 5.69 Å². The lowest BCUT2D eigenvalue weighted by molar-refractivity contribution is 0.0527. The van der Waals surface area contributed by atoms with Crippen LogP contribution in [-0.4, -0.2) is 18.6 Å². The summed E-state index contributed by atoms with van der Waals surface area (Å²) in [7, 11) is 0. The molecule has 0 aliphatic rings. The minimum atomic E-state index is -0.457. The molecule has 2 N–H and O–H groups in total. The molecule has 5 heteroatoms. The van der Waals surface area contributed by atoms with Crippen LogP contribution >= 0.6 is 0 Å². The number of para-hydroxylation sites is 2. The molecule has 0 aliphatic carbocycles. The number of urea groups is 1. The summed E-state index contributed by atoms with van der Waals surface area (Å²) < 4.78 is 5.03. The van der Waals surface area contributed by atoms with Gasteiger partial charge in [-0.05, 0) is 43.0 Å². The number of aryl methyl sites for hydroxylation is 2. The Kier molecular flexibility index (Phi) is 6.57. The first kappa shape index (κ1) is 18.5. The molecule has 0 fully saturated rings. The van der Waals surface area contributed by atoms with Gasteiger partial charge in [0.1, 0.15) is 0 Å². The number of ether oxygens (including phenoxy) is 1. The summed E-state index contributed by atoms with van der Waals surface area (Å²) in [5.41, 5.74) is 3.74. The van der Waals surface area contributed by atoms with E-state index < -0.39 is 5.97 Å². The van der Waals surface area contributed by atoms with E-state index in [2.05, 4.69) is 10.6 Å². The van der Waals surface area contributed by atoms with Crippen molar-refractivity contribution in [3.8, 4) is 0 Å². The Balaban J connectivity index is 2.21. The summed E-state index contributed by atoms with van der Waals surface area (Å²) >= 11 is 0. The molecule has 2 amide bonds. The van der Waals surface area contributed by atoms with E-state index in [1.54, 1.807) is 31.2 Å². The zero-order chi connectivity index (χ0) is 18.2. The Labute approximate surface area is 148 Å². The van der Waals surface area contributed by atoms with Crippen LogP contribution in [0.25, 0.3) is 0 Å². The third kappa shape index (κ3) is 4.59. The van der Waals surface area contributed by atoms with Crippen molar-refractivity contribution in [2.24, 2.45) is 0 Å². The predicted octanol–water partition coefficient (Wildman–Crippen LogP) is 4.63. The fourth-order valence-electron chi connectivity index (χ4n) is 2.65. The van der Waals surface area contributed by atoms with E-state index in [1.165, 1.54) is 0 Å². The highest BCUT2D eigenvalue weighted by Crippen LogP contribution is 2.23. The smallest absolute Gasteiger partial charge is 0.340 e. The van der Waals surface area contributed by atoms with Crippen LogP contribution < -0.4 is 10.6 Å². The van der Waals surface area contributed by atoms with Crippen LogP contribution in [0, 0.1) is 0 Å². The van der Waals surface area contributed by atoms with E-state index in [0.717, 1.165) is 29.7 Å². The summed E-state index contributed by atoms with van der Waals surface area (Å²) in [5.74, 6) is -0.457. The van der Waals surface area contributed by atoms with Gasteiger partial charge in [0.25, 0.3) is 0 Å². The zero-order valence-electron chi connectivity index (χ0n) is 14.9. The van der Waals surface area contributed by atoms with Crippen molar-refractivity contribution in [3.05, 3.63) is 59.2 Å². The van der Waals surface area contributed by atoms with E-state index >= 15 is 0 Å². The van der Waals surface area contributed by atoms with Crippen LogP contribution in [0.2, 0.25) is 0 Å². The Bertz CT molecular complexity index is 734. The maximum atomic E-state index is 12.5. The first-order valence-electron chi connectivity index (χ1n) is 8.55. The predicted molar refractivity (Wildman–Crippen MR) is 100 cm³/mol. The molecule has 0 aromatic heterocycles. The Morgan fingerprint density at radius 3 is 2.12 bits per heavy atom. The van der Waals surface area contributed by atoms with Crippen molar-refractivity contribution in [2.45, 2.75) is 33.6 Å². The van der Waals surface area contributed by atoms with E-state index in [4.69, 9.17) is 4.74 Å². The quantitative estimate of drug-likeness (QED) is 0.753. The summed E-state index contributed by atoms with van der Waals surface area (Å²) in [5, 5.41) is 5.68. The number of carbonyl (C=O) groups is 2. The maximum absolute atomic E-state index is 12.5. The molecule has 0 saturated carbocycles. The average molecular weight is 340 g/mol. The molecular weight excluding hydrogens is 316 g/mol. The van der Waals surface area contributed by atoms with Crippen molar-refractivity contribution in [3.63, 3.8) is 0 Å². The van der Waals surface area contributed by atoms with Gasteiger partial charge >= 0.3 is 12.0 Å². The number of rotatable bonds is 6. The molecule has 0 saturated heterocycles. The number of hydrogen-bond acceptors (Lipinski definition) is 3. The fraction of sp³-hybridized carbons (Fsp3) is 0.300. The van der Waals surface area contributed by atoms with Crippen molar-refractivity contribution < 1.29 is 14.3 Å². The van der Waals surface area contributed by atoms with Crippen molar-refractivity contribution >= 4 is 23.4 Å². The summed E-state index contributed by atoms with van der Waals surface area (Å²) in [6.45, 7) is 6.12. The molecule has 0 heterocycles. The van der Waals surface area contributed by atoms with Crippen LogP contribution in [0.3, 0.4) is 0 Å². The molecule has 25 heavy (non-hydrogen) atoms. The molecule has 0 radical (unpaired) electrons. The summed E-state index contributed by atoms with van der Waals surface area (Å²) in [4.78, 5) is 24.5. The number of amides is 2. The van der Waals surface area contributed by atoms with Crippen molar-refractivity contribution in [1.82, 2.24) is 0 Å². The average Bonchev–Trinajstić information content (AvgIpc) is 2.62. The van der Waals surface area contributed by atoms with Crippen molar-refractivity contribution in [1.29, 1.82) is 0 Å². The number of esters is 1. The summed E-state index contributed by atoms with van der Waals surface area (Å²) in [6.07, 6.45) is 1.64. The van der Waals surface area contributed by atoms with E-state index in [9.17, 15) is 9.59 Å². The molecule has 2 rings (SSSR count). The highest BCUT2D eigenvalue weighted by Gasteiger charge is 2.15. The molecule has 0 unspecified atom stereocenters. The van der Waals surface area contributed by atoms with Crippen LogP contribution in [0.4, 0.5) is 16.2 Å². The highest BCUT2D eigenvalue weighted by atomic mass is 16.5. The molecule has 132 valence electrons. The van der Waals surface area contributed by atoms with Gasteiger partial charge in [-0.2, -0.15) is 0 Å². The van der Waals surface area contributed by atoms with Crippen molar-refractivity contribution in [2.75, 3.05) is 17.2 Å². The number of anilines is 2. The normalized spacial score (nSPS) is 10.2. The number of carbonyl (C=O) groups excluding carboxylic acids is 2. The van der Waals surface area contributed by atoms with E-state index in [-0.39, 0.29) is 12.6 Å². The largest absolute Gasteiger partial charge is 0.462 e. The topological polar surface area (TPSA) is 67.4 Å². The standard InChI is InChI=1S/C20H24N2O3/c1-4-14-10-9-11-15(5-2)18(14)22-20(24)21-17-13-8-7-12-16(17)19(23)25-6-3/h7-13H,4-6H2,1-3H3,(H2,21,22,24). The first-order valence-corrected chi connectivity index (χ1v) is 8.55. The monoisotopic (exact) mass is 340 g/mol. The van der Waals surface area contributed by atoms with Gasteiger partial charge in [0.2, 0.25) is 0 Å². The molecule has 2 aromatic carbocycles. The lowest BCUT2D eigenvalue weighted by Crippen LogP contribution is -2.22. The third-order valence-corrected chi connectivity index (χ3v) is 3.91. The molecule has 0 atom stereocenters. The lowest BCUT2D eigenvalue weighted by atomic mass is 10.0. The first-order chi connectivity index (χ1) is 12.1. The molecule has 0 aliphatic heterocycles. The Morgan fingerprint density at radius 2 is 1.52 bits per heavy atom.